The number of hydrogen-bond donors (Lipinski definition) is 0. The standard InChI is InChI=1S/C14H20O3/c1-9(2)4-6-11-10-5-7-12(11)13(8-10)17-14(15)16-3/h5-7,9-10,12-13H,4,8H2,1-3H3. The maximum absolute atomic E-state index is 11.1. The van der Waals surface area contributed by atoms with Crippen LogP contribution in [0.3, 0.4) is 0 Å². The molecule has 0 N–H and O–H groups in total. The Hall–Kier alpha value is -1.25. The Labute approximate surface area is 102 Å². The van der Waals surface area contributed by atoms with Crippen molar-refractivity contribution in [2.75, 3.05) is 7.11 Å². The van der Waals surface area contributed by atoms with Gasteiger partial charge >= 0.3 is 6.16 Å². The van der Waals surface area contributed by atoms with Crippen LogP contribution in [0.4, 0.5) is 4.79 Å². The van der Waals surface area contributed by atoms with Gasteiger partial charge in [-0.05, 0) is 18.8 Å². The highest BCUT2D eigenvalue weighted by atomic mass is 16.7. The van der Waals surface area contributed by atoms with Gasteiger partial charge in [-0.3, -0.25) is 0 Å². The van der Waals surface area contributed by atoms with Crippen LogP contribution in [-0.2, 0) is 9.47 Å². The van der Waals surface area contributed by atoms with Gasteiger partial charge in [0, 0.05) is 11.8 Å². The molecule has 0 aromatic carbocycles. The normalized spacial score (nSPS) is 32.5. The van der Waals surface area contributed by atoms with Crippen LogP contribution in [-0.4, -0.2) is 19.4 Å². The Balaban J connectivity index is 2.01. The lowest BCUT2D eigenvalue weighted by Crippen LogP contribution is -2.22. The Kier molecular flexibility index (Phi) is 3.55. The first kappa shape index (κ1) is 12.2. The summed E-state index contributed by atoms with van der Waals surface area (Å²) in [5.41, 5.74) is 1.42. The second-order valence-electron chi connectivity index (χ2n) is 5.20. The highest BCUT2D eigenvalue weighted by molar-refractivity contribution is 5.60. The highest BCUT2D eigenvalue weighted by Gasteiger charge is 2.42. The second-order valence-corrected chi connectivity index (χ2v) is 5.20. The van der Waals surface area contributed by atoms with Crippen molar-refractivity contribution < 1.29 is 14.3 Å². The Morgan fingerprint density at radius 2 is 2.29 bits per heavy atom. The second kappa shape index (κ2) is 4.94. The number of hydrogen-bond acceptors (Lipinski definition) is 3. The third-order valence-electron chi connectivity index (χ3n) is 3.49. The smallest absolute Gasteiger partial charge is 0.438 e. The molecule has 0 aromatic heterocycles. The molecule has 3 heteroatoms. The molecule has 1 fully saturated rings. The van der Waals surface area contributed by atoms with Gasteiger partial charge in [0.1, 0.15) is 6.10 Å². The summed E-state index contributed by atoms with van der Waals surface area (Å²) < 4.78 is 9.83. The van der Waals surface area contributed by atoms with Gasteiger partial charge in [0.25, 0.3) is 0 Å². The molecule has 3 atom stereocenters. The Morgan fingerprint density at radius 3 is 2.94 bits per heavy atom. The fraction of sp³-hybridized carbons (Fsp3) is 0.643. The van der Waals surface area contributed by atoms with Gasteiger partial charge in [0.15, 0.2) is 0 Å². The maximum Gasteiger partial charge on any atom is 0.508 e. The van der Waals surface area contributed by atoms with Gasteiger partial charge in [-0.1, -0.05) is 37.6 Å². The van der Waals surface area contributed by atoms with Crippen LogP contribution < -0.4 is 0 Å². The minimum Gasteiger partial charge on any atom is -0.438 e. The maximum atomic E-state index is 11.1. The van der Waals surface area contributed by atoms with E-state index in [2.05, 4.69) is 36.8 Å². The van der Waals surface area contributed by atoms with E-state index >= 15 is 0 Å². The van der Waals surface area contributed by atoms with Gasteiger partial charge in [0.2, 0.25) is 0 Å². The topological polar surface area (TPSA) is 35.5 Å². The largest absolute Gasteiger partial charge is 0.508 e. The average Bonchev–Trinajstić information content (AvgIpc) is 2.82. The zero-order chi connectivity index (χ0) is 12.4. The van der Waals surface area contributed by atoms with Crippen molar-refractivity contribution in [1.82, 2.24) is 0 Å². The molecule has 0 amide bonds. The zero-order valence-electron chi connectivity index (χ0n) is 10.7. The fourth-order valence-electron chi connectivity index (χ4n) is 2.63. The van der Waals surface area contributed by atoms with Crippen molar-refractivity contribution in [3.05, 3.63) is 23.8 Å². The molecule has 0 aromatic rings. The molecular weight excluding hydrogens is 216 g/mol. The molecule has 2 aliphatic carbocycles. The number of ether oxygens (including phenoxy) is 2. The Morgan fingerprint density at radius 1 is 1.53 bits per heavy atom. The molecule has 2 bridgehead atoms. The number of carbonyl (C=O) groups excluding carboxylic acids is 1. The summed E-state index contributed by atoms with van der Waals surface area (Å²) >= 11 is 0. The minimum atomic E-state index is -0.570. The van der Waals surface area contributed by atoms with Crippen LogP contribution in [0.1, 0.15) is 26.7 Å². The van der Waals surface area contributed by atoms with E-state index in [4.69, 9.17) is 4.74 Å². The summed E-state index contributed by atoms with van der Waals surface area (Å²) in [5.74, 6) is 1.41. The van der Waals surface area contributed by atoms with Gasteiger partial charge in [0.05, 0.1) is 7.11 Å². The monoisotopic (exact) mass is 236 g/mol. The molecule has 2 rings (SSSR count). The number of methoxy groups -OCH3 is 1. The first-order valence-corrected chi connectivity index (χ1v) is 6.24. The van der Waals surface area contributed by atoms with Crippen molar-refractivity contribution in [1.29, 1.82) is 0 Å². The molecule has 0 radical (unpaired) electrons. The SMILES string of the molecule is COC(=O)OC1CC2C=CC1C2=CCC(C)C. The van der Waals surface area contributed by atoms with E-state index in [9.17, 15) is 4.79 Å². The molecule has 0 spiro atoms. The zero-order valence-corrected chi connectivity index (χ0v) is 10.7. The number of rotatable bonds is 3. The van der Waals surface area contributed by atoms with Crippen LogP contribution in [0, 0.1) is 17.8 Å². The van der Waals surface area contributed by atoms with E-state index in [1.807, 2.05) is 0 Å². The number of allylic oxidation sites excluding steroid dienone is 2. The van der Waals surface area contributed by atoms with Crippen molar-refractivity contribution in [2.45, 2.75) is 32.8 Å². The first-order valence-electron chi connectivity index (χ1n) is 6.24. The molecule has 1 saturated carbocycles. The number of carbonyl (C=O) groups is 1. The summed E-state index contributed by atoms with van der Waals surface area (Å²) in [6, 6.07) is 0. The van der Waals surface area contributed by atoms with Crippen LogP contribution >= 0.6 is 0 Å². The molecule has 0 aliphatic heterocycles. The first-order chi connectivity index (χ1) is 8.11. The van der Waals surface area contributed by atoms with E-state index in [0.717, 1.165) is 12.8 Å². The quantitative estimate of drug-likeness (QED) is 0.557. The third-order valence-corrected chi connectivity index (χ3v) is 3.49. The molecule has 2 aliphatic rings. The van der Waals surface area contributed by atoms with Gasteiger partial charge in [-0.15, -0.1) is 0 Å². The van der Waals surface area contributed by atoms with E-state index in [1.165, 1.54) is 12.7 Å². The van der Waals surface area contributed by atoms with Crippen molar-refractivity contribution in [3.63, 3.8) is 0 Å². The van der Waals surface area contributed by atoms with Crippen LogP contribution in [0.25, 0.3) is 0 Å². The molecule has 0 heterocycles. The van der Waals surface area contributed by atoms with E-state index in [0.29, 0.717) is 11.8 Å². The molecule has 94 valence electrons. The average molecular weight is 236 g/mol. The van der Waals surface area contributed by atoms with E-state index < -0.39 is 6.16 Å². The summed E-state index contributed by atoms with van der Waals surface area (Å²) in [5, 5.41) is 0. The summed E-state index contributed by atoms with van der Waals surface area (Å²) in [6.07, 6.45) is 8.10. The highest BCUT2D eigenvalue weighted by Crippen LogP contribution is 2.45. The summed E-state index contributed by atoms with van der Waals surface area (Å²) in [7, 11) is 1.35. The lowest BCUT2D eigenvalue weighted by Gasteiger charge is -2.17. The fourth-order valence-corrected chi connectivity index (χ4v) is 2.63. The van der Waals surface area contributed by atoms with Gasteiger partial charge < -0.3 is 9.47 Å². The van der Waals surface area contributed by atoms with Crippen molar-refractivity contribution in [2.24, 2.45) is 17.8 Å². The van der Waals surface area contributed by atoms with Gasteiger partial charge in [-0.25, -0.2) is 4.79 Å². The lowest BCUT2D eigenvalue weighted by atomic mass is 10.00. The van der Waals surface area contributed by atoms with Crippen LogP contribution in [0.5, 0.6) is 0 Å². The Bertz CT molecular complexity index is 354. The third kappa shape index (κ3) is 2.54. The summed E-state index contributed by atoms with van der Waals surface area (Å²) in [4.78, 5) is 11.1. The summed E-state index contributed by atoms with van der Waals surface area (Å²) in [6.45, 7) is 4.42. The van der Waals surface area contributed by atoms with E-state index in [-0.39, 0.29) is 12.0 Å². The number of fused-ring (bicyclic) bond motifs is 2. The molecule has 3 nitrogen and oxygen atoms in total. The molecule has 0 saturated heterocycles. The van der Waals surface area contributed by atoms with Crippen molar-refractivity contribution in [3.8, 4) is 0 Å². The van der Waals surface area contributed by atoms with Gasteiger partial charge in [-0.2, -0.15) is 0 Å². The van der Waals surface area contributed by atoms with E-state index in [1.54, 1.807) is 0 Å². The molecule has 17 heavy (non-hydrogen) atoms. The van der Waals surface area contributed by atoms with Crippen molar-refractivity contribution >= 4 is 6.16 Å². The predicted octanol–water partition coefficient (Wildman–Crippen LogP) is 3.32. The van der Waals surface area contributed by atoms with Crippen LogP contribution in [0.15, 0.2) is 23.8 Å². The minimum absolute atomic E-state index is 0.0316. The predicted molar refractivity (Wildman–Crippen MR) is 65.6 cm³/mol. The lowest BCUT2D eigenvalue weighted by molar-refractivity contribution is 0.0292. The molecule has 3 unspecified atom stereocenters. The molecular formula is C14H20O3. The van der Waals surface area contributed by atoms with Crippen LogP contribution in [0.2, 0.25) is 0 Å².